The molecule has 4 heteroatoms. The summed E-state index contributed by atoms with van der Waals surface area (Å²) in [6, 6.07) is 0. The van der Waals surface area contributed by atoms with Crippen LogP contribution in [0.5, 0.6) is 0 Å². The van der Waals surface area contributed by atoms with Gasteiger partial charge in [-0.1, -0.05) is 37.6 Å². The summed E-state index contributed by atoms with van der Waals surface area (Å²) >= 11 is 6.09. The van der Waals surface area contributed by atoms with Gasteiger partial charge in [0.15, 0.2) is 5.15 Å². The minimum absolute atomic E-state index is 0.573. The highest BCUT2D eigenvalue weighted by Gasteiger charge is 2.10. The third-order valence-electron chi connectivity index (χ3n) is 1.78. The van der Waals surface area contributed by atoms with Gasteiger partial charge in [-0.15, -0.1) is 5.10 Å². The molecule has 0 saturated carbocycles. The van der Waals surface area contributed by atoms with E-state index in [0.717, 1.165) is 25.1 Å². The summed E-state index contributed by atoms with van der Waals surface area (Å²) in [7, 11) is 0. The monoisotopic (exact) mass is 201 g/mol. The third kappa shape index (κ3) is 2.69. The molecule has 0 saturated heterocycles. The molecule has 3 nitrogen and oxygen atoms in total. The van der Waals surface area contributed by atoms with Crippen molar-refractivity contribution in [2.24, 2.45) is 5.92 Å². The Morgan fingerprint density at radius 3 is 2.69 bits per heavy atom. The van der Waals surface area contributed by atoms with E-state index in [4.69, 9.17) is 11.6 Å². The first-order valence-corrected chi connectivity index (χ1v) is 5.10. The Bertz CT molecular complexity index is 268. The van der Waals surface area contributed by atoms with E-state index in [-0.39, 0.29) is 0 Å². The Balaban J connectivity index is 2.74. The van der Waals surface area contributed by atoms with Gasteiger partial charge in [0, 0.05) is 6.54 Å². The molecule has 13 heavy (non-hydrogen) atoms. The maximum Gasteiger partial charge on any atom is 0.150 e. The molecule has 1 aromatic rings. The molecule has 1 aromatic heterocycles. The van der Waals surface area contributed by atoms with Gasteiger partial charge in [0.05, 0.1) is 0 Å². The Kier molecular flexibility index (Phi) is 3.72. The number of aryl methyl sites for hydroxylation is 1. The molecule has 0 N–H and O–H groups in total. The van der Waals surface area contributed by atoms with Crippen LogP contribution in [-0.2, 0) is 13.0 Å². The quantitative estimate of drug-likeness (QED) is 0.750. The number of halogens is 1. The second-order valence-corrected chi connectivity index (χ2v) is 4.01. The maximum absolute atomic E-state index is 6.09. The fourth-order valence-electron chi connectivity index (χ4n) is 1.20. The molecule has 74 valence electrons. The Labute approximate surface area is 84.1 Å². The molecule has 0 atom stereocenters. The molecule has 1 rings (SSSR count). The normalized spacial score (nSPS) is 11.2. The van der Waals surface area contributed by atoms with Crippen LogP contribution in [0.25, 0.3) is 0 Å². The van der Waals surface area contributed by atoms with Crippen molar-refractivity contribution in [1.29, 1.82) is 0 Å². The van der Waals surface area contributed by atoms with Crippen LogP contribution in [-0.4, -0.2) is 15.0 Å². The fourth-order valence-corrected chi connectivity index (χ4v) is 1.44. The van der Waals surface area contributed by atoms with E-state index in [1.54, 1.807) is 4.68 Å². The predicted octanol–water partition coefficient (Wildman–Crippen LogP) is 2.54. The lowest BCUT2D eigenvalue weighted by Crippen LogP contribution is -1.99. The first-order valence-electron chi connectivity index (χ1n) is 4.73. The second kappa shape index (κ2) is 4.61. The third-order valence-corrected chi connectivity index (χ3v) is 2.19. The van der Waals surface area contributed by atoms with E-state index in [1.165, 1.54) is 0 Å². The molecular weight excluding hydrogens is 186 g/mol. The van der Waals surface area contributed by atoms with Crippen LogP contribution in [0, 0.1) is 5.92 Å². The average Bonchev–Trinajstić information content (AvgIpc) is 2.36. The van der Waals surface area contributed by atoms with Crippen molar-refractivity contribution in [2.45, 2.75) is 40.2 Å². The minimum Gasteiger partial charge on any atom is -0.234 e. The molecule has 0 spiro atoms. The number of rotatable bonds is 4. The van der Waals surface area contributed by atoms with Crippen molar-refractivity contribution < 1.29 is 0 Å². The van der Waals surface area contributed by atoms with E-state index >= 15 is 0 Å². The van der Waals surface area contributed by atoms with Gasteiger partial charge in [-0.05, 0) is 18.8 Å². The molecule has 0 fully saturated rings. The lowest BCUT2D eigenvalue weighted by molar-refractivity contribution is 0.579. The summed E-state index contributed by atoms with van der Waals surface area (Å²) in [6.07, 6.45) is 1.94. The van der Waals surface area contributed by atoms with E-state index in [2.05, 4.69) is 31.1 Å². The number of hydrogen-bond acceptors (Lipinski definition) is 2. The maximum atomic E-state index is 6.09. The van der Waals surface area contributed by atoms with Crippen molar-refractivity contribution >= 4 is 11.6 Å². The van der Waals surface area contributed by atoms with E-state index in [1.807, 2.05) is 0 Å². The standard InChI is InChI=1S/C9H16ClN3/c1-4-5-13-9(10)8(11-12-13)6-7(2)3/h7H,4-6H2,1-3H3. The van der Waals surface area contributed by atoms with Crippen LogP contribution < -0.4 is 0 Å². The van der Waals surface area contributed by atoms with Crippen LogP contribution in [0.4, 0.5) is 0 Å². The molecule has 0 aliphatic rings. The van der Waals surface area contributed by atoms with Gasteiger partial charge in [-0.25, -0.2) is 4.68 Å². The summed E-state index contributed by atoms with van der Waals surface area (Å²) < 4.78 is 1.76. The topological polar surface area (TPSA) is 30.7 Å². The highest BCUT2D eigenvalue weighted by Crippen LogP contribution is 2.16. The second-order valence-electron chi connectivity index (χ2n) is 3.65. The molecular formula is C9H16ClN3. The number of nitrogens with zero attached hydrogens (tertiary/aromatic N) is 3. The van der Waals surface area contributed by atoms with E-state index in [0.29, 0.717) is 11.1 Å². The van der Waals surface area contributed by atoms with Crippen molar-refractivity contribution in [3.05, 3.63) is 10.8 Å². The predicted molar refractivity (Wildman–Crippen MR) is 53.9 cm³/mol. The van der Waals surface area contributed by atoms with Gasteiger partial charge >= 0.3 is 0 Å². The zero-order valence-corrected chi connectivity index (χ0v) is 9.17. The smallest absolute Gasteiger partial charge is 0.150 e. The lowest BCUT2D eigenvalue weighted by atomic mass is 10.1. The van der Waals surface area contributed by atoms with Gasteiger partial charge in [0.25, 0.3) is 0 Å². The minimum atomic E-state index is 0.573. The van der Waals surface area contributed by atoms with Gasteiger partial charge in [-0.3, -0.25) is 0 Å². The number of aromatic nitrogens is 3. The Hall–Kier alpha value is -0.570. The summed E-state index contributed by atoms with van der Waals surface area (Å²) in [5, 5.41) is 8.75. The molecule has 0 amide bonds. The van der Waals surface area contributed by atoms with Crippen molar-refractivity contribution in [3.63, 3.8) is 0 Å². The fraction of sp³-hybridized carbons (Fsp3) is 0.778. The van der Waals surface area contributed by atoms with Gasteiger partial charge in [0.2, 0.25) is 0 Å². The zero-order chi connectivity index (χ0) is 9.84. The molecule has 0 bridgehead atoms. The molecule has 0 aromatic carbocycles. The van der Waals surface area contributed by atoms with Gasteiger partial charge < -0.3 is 0 Å². The van der Waals surface area contributed by atoms with Crippen LogP contribution in [0.2, 0.25) is 5.15 Å². The SMILES string of the molecule is CCCn1nnc(CC(C)C)c1Cl. The molecule has 0 radical (unpaired) electrons. The summed E-state index contributed by atoms with van der Waals surface area (Å²) in [6.45, 7) is 7.24. The lowest BCUT2D eigenvalue weighted by Gasteiger charge is -2.01. The zero-order valence-electron chi connectivity index (χ0n) is 8.42. The average molecular weight is 202 g/mol. The molecule has 0 aliphatic heterocycles. The Morgan fingerprint density at radius 2 is 2.15 bits per heavy atom. The van der Waals surface area contributed by atoms with Crippen LogP contribution >= 0.6 is 11.6 Å². The van der Waals surface area contributed by atoms with Crippen molar-refractivity contribution in [1.82, 2.24) is 15.0 Å². The number of hydrogen-bond donors (Lipinski definition) is 0. The van der Waals surface area contributed by atoms with Crippen molar-refractivity contribution in [2.75, 3.05) is 0 Å². The van der Waals surface area contributed by atoms with Gasteiger partial charge in [0.1, 0.15) is 5.69 Å². The van der Waals surface area contributed by atoms with Crippen LogP contribution in [0.1, 0.15) is 32.9 Å². The Morgan fingerprint density at radius 1 is 1.46 bits per heavy atom. The summed E-state index contributed by atoms with van der Waals surface area (Å²) in [4.78, 5) is 0. The van der Waals surface area contributed by atoms with E-state index < -0.39 is 0 Å². The summed E-state index contributed by atoms with van der Waals surface area (Å²) in [5.74, 6) is 0.573. The first kappa shape index (κ1) is 10.5. The van der Waals surface area contributed by atoms with Gasteiger partial charge in [-0.2, -0.15) is 0 Å². The van der Waals surface area contributed by atoms with Crippen molar-refractivity contribution in [3.8, 4) is 0 Å². The molecule has 1 heterocycles. The van der Waals surface area contributed by atoms with E-state index in [9.17, 15) is 0 Å². The molecule has 0 aliphatic carbocycles. The van der Waals surface area contributed by atoms with Crippen LogP contribution in [0.3, 0.4) is 0 Å². The van der Waals surface area contributed by atoms with Crippen LogP contribution in [0.15, 0.2) is 0 Å². The molecule has 0 unspecified atom stereocenters. The first-order chi connectivity index (χ1) is 6.15. The largest absolute Gasteiger partial charge is 0.234 e. The highest BCUT2D eigenvalue weighted by atomic mass is 35.5. The summed E-state index contributed by atoms with van der Waals surface area (Å²) in [5.41, 5.74) is 0.921. The highest BCUT2D eigenvalue weighted by molar-refractivity contribution is 6.30.